The second-order valence-corrected chi connectivity index (χ2v) is 3.97. The van der Waals surface area contributed by atoms with Gasteiger partial charge in [0.2, 0.25) is 0 Å². The molecule has 0 spiro atoms. The van der Waals surface area contributed by atoms with E-state index >= 15 is 0 Å². The Bertz CT molecular complexity index is 464. The molecule has 1 aliphatic heterocycles. The lowest BCUT2D eigenvalue weighted by Gasteiger charge is -2.10. The largest absolute Gasteiger partial charge is 0.299 e. The number of anilines is 1. The Kier molecular flexibility index (Phi) is 1.33. The molecule has 66 valence electrons. The normalized spacial score (nSPS) is 15.3. The van der Waals surface area contributed by atoms with Crippen molar-refractivity contribution < 1.29 is 0 Å². The van der Waals surface area contributed by atoms with E-state index in [0.29, 0.717) is 0 Å². The minimum Gasteiger partial charge on any atom is -0.299 e. The summed E-state index contributed by atoms with van der Waals surface area (Å²) in [5, 5.41) is 9.79. The summed E-state index contributed by atoms with van der Waals surface area (Å²) in [6.45, 7) is 0. The van der Waals surface area contributed by atoms with Gasteiger partial charge in [0.15, 0.2) is 0 Å². The molecule has 3 rings (SSSR count). The molecule has 2 aromatic rings. The molecule has 0 fully saturated rings. The van der Waals surface area contributed by atoms with Gasteiger partial charge in [-0.15, -0.1) is 11.8 Å². The Morgan fingerprint density at radius 2 is 2.46 bits per heavy atom. The summed E-state index contributed by atoms with van der Waals surface area (Å²) in [5.41, 5.74) is 2.13. The van der Waals surface area contributed by atoms with E-state index < -0.39 is 0 Å². The molecule has 4 nitrogen and oxygen atoms in total. The number of hydrogen-bond acceptors (Lipinski definition) is 4. The van der Waals surface area contributed by atoms with Crippen molar-refractivity contribution in [2.75, 3.05) is 10.9 Å². The molecule has 1 aliphatic rings. The number of rotatable bonds is 0. The Hall–Kier alpha value is -1.20. The second-order valence-electron chi connectivity index (χ2n) is 2.99. The van der Waals surface area contributed by atoms with Gasteiger partial charge in [-0.05, 0) is 12.1 Å². The lowest BCUT2D eigenvalue weighted by atomic mass is 10.2. The van der Waals surface area contributed by atoms with Crippen LogP contribution in [0.25, 0.3) is 10.9 Å². The van der Waals surface area contributed by atoms with Crippen LogP contribution in [0.5, 0.6) is 0 Å². The lowest BCUT2D eigenvalue weighted by molar-refractivity contribution is 1.00. The van der Waals surface area contributed by atoms with Gasteiger partial charge in [0.05, 0.1) is 23.3 Å². The van der Waals surface area contributed by atoms with Crippen molar-refractivity contribution in [1.29, 1.82) is 0 Å². The van der Waals surface area contributed by atoms with Gasteiger partial charge in [-0.2, -0.15) is 5.10 Å². The molecular formula is C8H8N4S. The Labute approximate surface area is 79.1 Å². The standard InChI is InChI=1S/C8H8N4S/c9-12-4-13-7-2-1-6-5(8(7)12)3-10-11-6/h1-3H,4,9H2,(H,10,11). The third-order valence-electron chi connectivity index (χ3n) is 2.21. The predicted molar refractivity (Wildman–Crippen MR) is 53.5 cm³/mol. The fraction of sp³-hybridized carbons (Fsp3) is 0.125. The molecule has 0 amide bonds. The summed E-state index contributed by atoms with van der Waals surface area (Å²) in [4.78, 5) is 1.23. The number of hydrazine groups is 1. The zero-order valence-corrected chi connectivity index (χ0v) is 7.64. The van der Waals surface area contributed by atoms with Crippen molar-refractivity contribution in [1.82, 2.24) is 10.2 Å². The summed E-state index contributed by atoms with van der Waals surface area (Å²) in [5.74, 6) is 6.66. The van der Waals surface area contributed by atoms with Crippen molar-refractivity contribution in [3.05, 3.63) is 18.3 Å². The van der Waals surface area contributed by atoms with Crippen molar-refractivity contribution in [3.8, 4) is 0 Å². The van der Waals surface area contributed by atoms with E-state index in [1.807, 2.05) is 12.3 Å². The lowest BCUT2D eigenvalue weighted by Crippen LogP contribution is -2.26. The Balaban J connectivity index is 2.42. The average Bonchev–Trinajstić information content (AvgIpc) is 2.70. The number of nitrogens with zero attached hydrogens (tertiary/aromatic N) is 2. The van der Waals surface area contributed by atoms with E-state index in [0.717, 1.165) is 22.5 Å². The molecule has 3 N–H and O–H groups in total. The first-order valence-electron chi connectivity index (χ1n) is 3.97. The molecule has 0 bridgehead atoms. The van der Waals surface area contributed by atoms with E-state index in [1.54, 1.807) is 16.8 Å². The van der Waals surface area contributed by atoms with E-state index in [1.165, 1.54) is 4.90 Å². The van der Waals surface area contributed by atoms with E-state index in [4.69, 9.17) is 5.84 Å². The average molecular weight is 192 g/mol. The molecule has 1 aromatic carbocycles. The van der Waals surface area contributed by atoms with E-state index in [2.05, 4.69) is 16.3 Å². The van der Waals surface area contributed by atoms with Crippen LogP contribution in [-0.2, 0) is 0 Å². The number of aromatic amines is 1. The van der Waals surface area contributed by atoms with Crippen LogP contribution in [0.4, 0.5) is 5.69 Å². The van der Waals surface area contributed by atoms with Crippen LogP contribution in [-0.4, -0.2) is 16.1 Å². The van der Waals surface area contributed by atoms with Crippen LogP contribution in [0.3, 0.4) is 0 Å². The van der Waals surface area contributed by atoms with Crippen LogP contribution < -0.4 is 10.9 Å². The molecule has 0 unspecified atom stereocenters. The molecular weight excluding hydrogens is 184 g/mol. The Morgan fingerprint density at radius 1 is 1.54 bits per heavy atom. The number of thioether (sulfide) groups is 1. The molecule has 0 saturated heterocycles. The fourth-order valence-electron chi connectivity index (χ4n) is 1.60. The van der Waals surface area contributed by atoms with E-state index in [-0.39, 0.29) is 0 Å². The third-order valence-corrected chi connectivity index (χ3v) is 3.25. The molecule has 0 aliphatic carbocycles. The van der Waals surface area contributed by atoms with Crippen molar-refractivity contribution in [2.45, 2.75) is 4.90 Å². The first-order valence-corrected chi connectivity index (χ1v) is 4.96. The molecule has 0 radical (unpaired) electrons. The smallest absolute Gasteiger partial charge is 0.0844 e. The highest BCUT2D eigenvalue weighted by Crippen LogP contribution is 2.40. The zero-order chi connectivity index (χ0) is 8.84. The van der Waals surface area contributed by atoms with Crippen LogP contribution in [0.15, 0.2) is 23.2 Å². The number of nitrogens with two attached hydrogens (primary N) is 1. The number of aromatic nitrogens is 2. The molecule has 0 atom stereocenters. The third kappa shape index (κ3) is 0.882. The number of H-pyrrole nitrogens is 1. The van der Waals surface area contributed by atoms with Gasteiger partial charge in [-0.3, -0.25) is 10.1 Å². The monoisotopic (exact) mass is 192 g/mol. The predicted octanol–water partition coefficient (Wildman–Crippen LogP) is 1.31. The van der Waals surface area contributed by atoms with Gasteiger partial charge in [0, 0.05) is 10.3 Å². The van der Waals surface area contributed by atoms with Crippen molar-refractivity contribution >= 4 is 28.4 Å². The summed E-state index contributed by atoms with van der Waals surface area (Å²) in [7, 11) is 0. The molecule has 0 saturated carbocycles. The molecule has 5 heteroatoms. The first-order chi connectivity index (χ1) is 6.36. The summed E-state index contributed by atoms with van der Waals surface area (Å²) in [6, 6.07) is 4.11. The minimum atomic E-state index is 0.819. The quantitative estimate of drug-likeness (QED) is 0.618. The van der Waals surface area contributed by atoms with Gasteiger partial charge in [0.25, 0.3) is 0 Å². The highest BCUT2D eigenvalue weighted by Gasteiger charge is 2.20. The number of benzene rings is 1. The minimum absolute atomic E-state index is 0.819. The van der Waals surface area contributed by atoms with E-state index in [9.17, 15) is 0 Å². The highest BCUT2D eigenvalue weighted by atomic mass is 32.2. The van der Waals surface area contributed by atoms with Gasteiger partial charge < -0.3 is 0 Å². The second kappa shape index (κ2) is 2.40. The molecule has 1 aromatic heterocycles. The topological polar surface area (TPSA) is 57.9 Å². The summed E-state index contributed by atoms with van der Waals surface area (Å²) < 4.78 is 0. The fourth-order valence-corrected chi connectivity index (χ4v) is 2.53. The van der Waals surface area contributed by atoms with Crippen LogP contribution >= 0.6 is 11.8 Å². The van der Waals surface area contributed by atoms with Crippen LogP contribution in [0, 0.1) is 0 Å². The first kappa shape index (κ1) is 7.23. The maximum absolute atomic E-state index is 5.84. The number of fused-ring (bicyclic) bond motifs is 3. The molecule has 2 heterocycles. The van der Waals surface area contributed by atoms with Crippen LogP contribution in [0.1, 0.15) is 0 Å². The van der Waals surface area contributed by atoms with Crippen molar-refractivity contribution in [3.63, 3.8) is 0 Å². The van der Waals surface area contributed by atoms with Gasteiger partial charge in [-0.1, -0.05) is 0 Å². The summed E-state index contributed by atoms with van der Waals surface area (Å²) >= 11 is 1.75. The van der Waals surface area contributed by atoms with Gasteiger partial charge >= 0.3 is 0 Å². The number of nitrogens with one attached hydrogen (secondary N) is 1. The van der Waals surface area contributed by atoms with Gasteiger partial charge in [0.1, 0.15) is 0 Å². The van der Waals surface area contributed by atoms with Gasteiger partial charge in [-0.25, -0.2) is 5.84 Å². The van der Waals surface area contributed by atoms with Crippen LogP contribution in [0.2, 0.25) is 0 Å². The zero-order valence-electron chi connectivity index (χ0n) is 6.82. The SMILES string of the molecule is NN1CSc2ccc3[nH]ncc3c21. The van der Waals surface area contributed by atoms with Crippen molar-refractivity contribution in [2.24, 2.45) is 5.84 Å². The maximum atomic E-state index is 5.84. The maximum Gasteiger partial charge on any atom is 0.0844 e. The Morgan fingerprint density at radius 3 is 3.38 bits per heavy atom. The molecule has 13 heavy (non-hydrogen) atoms. The number of hydrogen-bond donors (Lipinski definition) is 2. The summed E-state index contributed by atoms with van der Waals surface area (Å²) in [6.07, 6.45) is 1.82. The highest BCUT2D eigenvalue weighted by molar-refractivity contribution is 7.99.